The number of rotatable bonds is 3. The van der Waals surface area contributed by atoms with Crippen molar-refractivity contribution < 1.29 is 4.79 Å². The number of anilines is 2. The summed E-state index contributed by atoms with van der Waals surface area (Å²) in [5.41, 5.74) is 9.44. The predicted molar refractivity (Wildman–Crippen MR) is 94.3 cm³/mol. The number of nitrogen functional groups attached to an aromatic ring is 1. The quantitative estimate of drug-likeness (QED) is 0.551. The van der Waals surface area contributed by atoms with E-state index in [1.165, 1.54) is 0 Å². The average Bonchev–Trinajstić information content (AvgIpc) is 3.23. The number of carbonyl (C=O) groups is 1. The van der Waals surface area contributed by atoms with E-state index in [-0.39, 0.29) is 5.91 Å². The SMILES string of the molecule is Nc1ccc2nc(NC(=O)c3ccc(C4=NCCN4)cc3)[nH]c2c1. The van der Waals surface area contributed by atoms with Gasteiger partial charge in [-0.05, 0) is 30.3 Å². The van der Waals surface area contributed by atoms with E-state index < -0.39 is 0 Å². The number of nitrogens with one attached hydrogen (secondary N) is 3. The molecule has 0 atom stereocenters. The van der Waals surface area contributed by atoms with Crippen LogP contribution in [0.1, 0.15) is 15.9 Å². The number of hydrogen-bond acceptors (Lipinski definition) is 5. The number of benzene rings is 2. The van der Waals surface area contributed by atoms with E-state index >= 15 is 0 Å². The Hall–Kier alpha value is -3.35. The van der Waals surface area contributed by atoms with E-state index in [0.29, 0.717) is 17.2 Å². The van der Waals surface area contributed by atoms with Gasteiger partial charge in [-0.2, -0.15) is 0 Å². The van der Waals surface area contributed by atoms with Gasteiger partial charge in [-0.25, -0.2) is 4.98 Å². The Labute approximate surface area is 138 Å². The number of nitrogens with zero attached hydrogens (tertiary/aromatic N) is 2. The van der Waals surface area contributed by atoms with E-state index in [2.05, 4.69) is 25.6 Å². The van der Waals surface area contributed by atoms with Crippen molar-refractivity contribution in [1.29, 1.82) is 0 Å². The van der Waals surface area contributed by atoms with Gasteiger partial charge in [0.05, 0.1) is 17.6 Å². The zero-order chi connectivity index (χ0) is 16.5. The molecular weight excluding hydrogens is 304 g/mol. The highest BCUT2D eigenvalue weighted by Crippen LogP contribution is 2.17. The third-order valence-corrected chi connectivity index (χ3v) is 3.83. The minimum absolute atomic E-state index is 0.227. The number of amides is 1. The molecule has 1 aliphatic rings. The monoisotopic (exact) mass is 320 g/mol. The van der Waals surface area contributed by atoms with Crippen LogP contribution in [0, 0.1) is 0 Å². The molecule has 3 aromatic rings. The molecule has 0 bridgehead atoms. The first-order valence-electron chi connectivity index (χ1n) is 7.64. The number of carbonyl (C=O) groups excluding carboxylic acids is 1. The van der Waals surface area contributed by atoms with Crippen molar-refractivity contribution >= 4 is 34.4 Å². The van der Waals surface area contributed by atoms with Crippen LogP contribution in [-0.2, 0) is 0 Å². The van der Waals surface area contributed by atoms with Crippen LogP contribution in [0.15, 0.2) is 47.5 Å². The lowest BCUT2D eigenvalue weighted by atomic mass is 10.1. The number of aromatic nitrogens is 2. The Morgan fingerprint density at radius 1 is 1.17 bits per heavy atom. The minimum atomic E-state index is -0.227. The second kappa shape index (κ2) is 5.69. The molecule has 2 aromatic carbocycles. The van der Waals surface area contributed by atoms with Crippen LogP contribution in [0.2, 0.25) is 0 Å². The molecule has 24 heavy (non-hydrogen) atoms. The third-order valence-electron chi connectivity index (χ3n) is 3.83. The van der Waals surface area contributed by atoms with E-state index in [1.54, 1.807) is 30.3 Å². The Bertz CT molecular complexity index is 941. The van der Waals surface area contributed by atoms with Crippen molar-refractivity contribution in [3.05, 3.63) is 53.6 Å². The zero-order valence-electron chi connectivity index (χ0n) is 12.8. The Morgan fingerprint density at radius 3 is 2.75 bits per heavy atom. The molecule has 1 aromatic heterocycles. The topological polar surface area (TPSA) is 108 Å². The first-order valence-corrected chi connectivity index (χ1v) is 7.64. The van der Waals surface area contributed by atoms with Gasteiger partial charge in [0.2, 0.25) is 5.95 Å². The van der Waals surface area contributed by atoms with Crippen LogP contribution in [-0.4, -0.2) is 34.8 Å². The highest BCUT2D eigenvalue weighted by molar-refractivity contribution is 6.05. The molecule has 7 heteroatoms. The van der Waals surface area contributed by atoms with E-state index in [9.17, 15) is 4.79 Å². The summed E-state index contributed by atoms with van der Waals surface area (Å²) in [7, 11) is 0. The summed E-state index contributed by atoms with van der Waals surface area (Å²) in [4.78, 5) is 24.1. The molecule has 0 unspecified atom stereocenters. The number of amidine groups is 1. The summed E-state index contributed by atoms with van der Waals surface area (Å²) >= 11 is 0. The maximum absolute atomic E-state index is 12.3. The molecule has 0 aliphatic carbocycles. The number of nitrogens with two attached hydrogens (primary N) is 1. The second-order valence-corrected chi connectivity index (χ2v) is 5.55. The summed E-state index contributed by atoms with van der Waals surface area (Å²) in [6.07, 6.45) is 0. The summed E-state index contributed by atoms with van der Waals surface area (Å²) < 4.78 is 0. The maximum atomic E-state index is 12.3. The van der Waals surface area contributed by atoms with Crippen LogP contribution in [0.3, 0.4) is 0 Å². The lowest BCUT2D eigenvalue weighted by Crippen LogP contribution is -2.19. The van der Waals surface area contributed by atoms with Crippen LogP contribution < -0.4 is 16.4 Å². The van der Waals surface area contributed by atoms with Crippen molar-refractivity contribution in [2.75, 3.05) is 24.1 Å². The summed E-state index contributed by atoms with van der Waals surface area (Å²) in [5.74, 6) is 1.04. The van der Waals surface area contributed by atoms with Crippen molar-refractivity contribution in [3.8, 4) is 0 Å². The lowest BCUT2D eigenvalue weighted by molar-refractivity contribution is 0.102. The molecule has 1 amide bonds. The van der Waals surface area contributed by atoms with E-state index in [0.717, 1.165) is 35.5 Å². The molecule has 2 heterocycles. The smallest absolute Gasteiger partial charge is 0.257 e. The predicted octanol–water partition coefficient (Wildman–Crippen LogP) is 1.75. The number of H-pyrrole nitrogens is 1. The molecule has 0 spiro atoms. The second-order valence-electron chi connectivity index (χ2n) is 5.55. The first-order chi connectivity index (χ1) is 11.7. The van der Waals surface area contributed by atoms with Crippen LogP contribution in [0.4, 0.5) is 11.6 Å². The average molecular weight is 320 g/mol. The Balaban J connectivity index is 1.52. The lowest BCUT2D eigenvalue weighted by Gasteiger charge is -2.05. The molecule has 7 nitrogen and oxygen atoms in total. The molecule has 0 saturated carbocycles. The van der Waals surface area contributed by atoms with Gasteiger partial charge >= 0.3 is 0 Å². The molecule has 120 valence electrons. The maximum Gasteiger partial charge on any atom is 0.257 e. The summed E-state index contributed by atoms with van der Waals surface area (Å²) in [6.45, 7) is 1.64. The van der Waals surface area contributed by atoms with Crippen LogP contribution in [0.25, 0.3) is 11.0 Å². The van der Waals surface area contributed by atoms with Crippen LogP contribution in [0.5, 0.6) is 0 Å². The normalized spacial score (nSPS) is 13.6. The van der Waals surface area contributed by atoms with Crippen molar-refractivity contribution in [2.45, 2.75) is 0 Å². The number of imidazole rings is 1. The Morgan fingerprint density at radius 2 is 2.00 bits per heavy atom. The molecule has 0 fully saturated rings. The molecule has 1 aliphatic heterocycles. The van der Waals surface area contributed by atoms with Gasteiger partial charge in [-0.15, -0.1) is 0 Å². The minimum Gasteiger partial charge on any atom is -0.399 e. The largest absolute Gasteiger partial charge is 0.399 e. The first kappa shape index (κ1) is 14.3. The molecule has 0 saturated heterocycles. The molecule has 5 N–H and O–H groups in total. The van der Waals surface area contributed by atoms with Gasteiger partial charge in [0.1, 0.15) is 5.84 Å². The highest BCUT2D eigenvalue weighted by Gasteiger charge is 2.12. The fourth-order valence-electron chi connectivity index (χ4n) is 2.64. The number of aromatic amines is 1. The Kier molecular flexibility index (Phi) is 3.38. The van der Waals surface area contributed by atoms with E-state index in [1.807, 2.05) is 12.1 Å². The fraction of sp³-hybridized carbons (Fsp3) is 0.118. The molecule has 4 rings (SSSR count). The summed E-state index contributed by atoms with van der Waals surface area (Å²) in [5, 5.41) is 5.97. The van der Waals surface area contributed by atoms with Gasteiger partial charge < -0.3 is 16.0 Å². The van der Waals surface area contributed by atoms with Crippen molar-refractivity contribution in [3.63, 3.8) is 0 Å². The fourth-order valence-corrected chi connectivity index (χ4v) is 2.64. The van der Waals surface area contributed by atoms with Gasteiger partial charge in [-0.3, -0.25) is 15.1 Å². The van der Waals surface area contributed by atoms with Crippen molar-refractivity contribution in [2.24, 2.45) is 4.99 Å². The summed E-state index contributed by atoms with van der Waals surface area (Å²) in [6, 6.07) is 12.7. The van der Waals surface area contributed by atoms with Gasteiger partial charge in [0.15, 0.2) is 0 Å². The number of aliphatic imine (C=N–C) groups is 1. The van der Waals surface area contributed by atoms with Crippen molar-refractivity contribution in [1.82, 2.24) is 15.3 Å². The van der Waals surface area contributed by atoms with Gasteiger partial charge in [0.25, 0.3) is 5.91 Å². The van der Waals surface area contributed by atoms with Crippen LogP contribution >= 0.6 is 0 Å². The van der Waals surface area contributed by atoms with E-state index in [4.69, 9.17) is 5.73 Å². The number of fused-ring (bicyclic) bond motifs is 1. The standard InChI is InChI=1S/C17H16N6O/c18-12-5-6-13-14(9-12)22-17(21-13)23-16(24)11-3-1-10(2-4-11)15-19-7-8-20-15/h1-6,9H,7-8,18H2,(H,19,20)(H2,21,22,23,24). The molecular formula is C17H16N6O. The highest BCUT2D eigenvalue weighted by atomic mass is 16.1. The zero-order valence-corrected chi connectivity index (χ0v) is 12.8. The number of hydrogen-bond donors (Lipinski definition) is 4. The molecule has 0 radical (unpaired) electrons. The third kappa shape index (κ3) is 2.67. The van der Waals surface area contributed by atoms with Gasteiger partial charge in [-0.1, -0.05) is 12.1 Å². The van der Waals surface area contributed by atoms with Gasteiger partial charge in [0, 0.05) is 23.4 Å².